The fourth-order valence-corrected chi connectivity index (χ4v) is 1.28. The van der Waals surface area contributed by atoms with Gasteiger partial charge in [-0.1, -0.05) is 0 Å². The van der Waals surface area contributed by atoms with Crippen molar-refractivity contribution < 1.29 is 14.1 Å². The summed E-state index contributed by atoms with van der Waals surface area (Å²) >= 11 is 0. The van der Waals surface area contributed by atoms with E-state index in [1.54, 1.807) is 0 Å². The van der Waals surface area contributed by atoms with E-state index in [1.165, 1.54) is 0 Å². The van der Waals surface area contributed by atoms with Crippen LogP contribution in [0.15, 0.2) is 0 Å². The van der Waals surface area contributed by atoms with Crippen LogP contribution < -0.4 is 0 Å². The van der Waals surface area contributed by atoms with Crippen molar-refractivity contribution >= 4 is 13.9 Å². The van der Waals surface area contributed by atoms with Gasteiger partial charge in [0.2, 0.25) is 0 Å². The van der Waals surface area contributed by atoms with Crippen LogP contribution in [0.3, 0.4) is 0 Å². The number of hydrogen-bond donors (Lipinski definition) is 0. The fourth-order valence-electron chi connectivity index (χ4n) is 1.16. The summed E-state index contributed by atoms with van der Waals surface area (Å²) in [7, 11) is -0.432. The summed E-state index contributed by atoms with van der Waals surface area (Å²) in [4.78, 5) is 11.1. The van der Waals surface area contributed by atoms with Crippen molar-refractivity contribution in [3.8, 4) is 5.63 Å². The maximum absolute atomic E-state index is 11.1. The molecule has 4 heteroatoms. The van der Waals surface area contributed by atoms with Gasteiger partial charge in [0.15, 0.2) is 0 Å². The minimum atomic E-state index is -0.647. The van der Waals surface area contributed by atoms with Crippen LogP contribution in [0.1, 0.15) is 34.6 Å². The van der Waals surface area contributed by atoms with Gasteiger partial charge in [0, 0.05) is 0 Å². The first-order valence-corrected chi connectivity index (χ1v) is 5.47. The van der Waals surface area contributed by atoms with E-state index < -0.39 is 19.5 Å². The molecule has 0 radical (unpaired) electrons. The third kappa shape index (κ3) is 3.32. The summed E-state index contributed by atoms with van der Waals surface area (Å²) in [5.41, 5.74) is 1.53. The van der Waals surface area contributed by atoms with Crippen LogP contribution in [-0.4, -0.2) is 11.6 Å². The first kappa shape index (κ1) is 13.5. The fraction of sp³-hybridized carbons (Fsp3) is 0.800. The van der Waals surface area contributed by atoms with Crippen LogP contribution in [0.5, 0.6) is 0 Å². The maximum atomic E-state index is 11.1. The third-order valence-corrected chi connectivity index (χ3v) is 3.02. The molecule has 0 aromatic heterocycles. The van der Waals surface area contributed by atoms with E-state index in [0.29, 0.717) is 0 Å². The van der Waals surface area contributed by atoms with Crippen LogP contribution in [0.2, 0.25) is 0 Å². The van der Waals surface area contributed by atoms with E-state index in [1.807, 2.05) is 34.6 Å². The number of carbonyl (C=O) groups excluding carboxylic acids is 1. The molecule has 0 aromatic carbocycles. The first-order chi connectivity index (χ1) is 6.34. The van der Waals surface area contributed by atoms with E-state index in [2.05, 4.69) is 5.63 Å². The summed E-state index contributed by atoms with van der Waals surface area (Å²) in [6.45, 7) is 9.83. The Labute approximate surface area is 86.3 Å². The van der Waals surface area contributed by atoms with E-state index in [4.69, 9.17) is 4.74 Å². The molecule has 0 aliphatic rings. The molecule has 0 amide bonds. The van der Waals surface area contributed by atoms with Gasteiger partial charge in [0.1, 0.15) is 0 Å². The monoisotopic (exact) mass is 216 g/mol. The van der Waals surface area contributed by atoms with Crippen molar-refractivity contribution in [2.45, 2.75) is 40.2 Å². The van der Waals surface area contributed by atoms with Gasteiger partial charge in [-0.25, -0.2) is 0 Å². The first-order valence-electron chi connectivity index (χ1n) is 4.66. The quantitative estimate of drug-likeness (QED) is 0.538. The summed E-state index contributed by atoms with van der Waals surface area (Å²) < 4.78 is 15.4. The number of esters is 1. The molecule has 0 bridgehead atoms. The molecule has 0 fully saturated rings. The average molecular weight is 216 g/mol. The van der Waals surface area contributed by atoms with Gasteiger partial charge < -0.3 is 0 Å². The van der Waals surface area contributed by atoms with Crippen LogP contribution in [-0.2, 0) is 14.1 Å². The van der Waals surface area contributed by atoms with Crippen molar-refractivity contribution in [1.29, 1.82) is 0 Å². The van der Waals surface area contributed by atoms with Gasteiger partial charge in [-0.15, -0.1) is 0 Å². The molecule has 3 nitrogen and oxygen atoms in total. The number of carbonyl (C=O) groups is 1. The minimum absolute atomic E-state index is 0.205. The third-order valence-electron chi connectivity index (χ3n) is 2.74. The molecule has 14 heavy (non-hydrogen) atoms. The van der Waals surface area contributed by atoms with Crippen molar-refractivity contribution in [3.05, 3.63) is 0 Å². The zero-order chi connectivity index (χ0) is 11.4. The van der Waals surface area contributed by atoms with Crippen molar-refractivity contribution in [2.75, 3.05) is 0 Å². The van der Waals surface area contributed by atoms with Gasteiger partial charge in [0.05, 0.1) is 0 Å². The topological polar surface area (TPSA) is 43.4 Å². The van der Waals surface area contributed by atoms with E-state index in [0.717, 1.165) is 0 Å². The molecule has 0 heterocycles. The van der Waals surface area contributed by atoms with Gasteiger partial charge in [0.25, 0.3) is 0 Å². The zero-order valence-corrected chi connectivity index (χ0v) is 10.2. The van der Waals surface area contributed by atoms with Crippen LogP contribution in [0.4, 0.5) is 0 Å². The second-order valence-corrected chi connectivity index (χ2v) is 4.49. The van der Waals surface area contributed by atoms with Crippen LogP contribution in [0, 0.1) is 17.5 Å². The number of hydrogen-bond acceptors (Lipinski definition) is 3. The molecule has 0 rings (SSSR count). The Balaban J connectivity index is 4.75. The molecule has 0 spiro atoms. The molecular formula is C10H17O3P. The SMILES string of the molecule is CC(C)C(C)(OC(=O)C#P=O)C(C)C. The number of rotatable bonds is 3. The van der Waals surface area contributed by atoms with Gasteiger partial charge in [-0.3, -0.25) is 0 Å². The molecule has 0 unspecified atom stereocenters. The molecule has 0 aromatic rings. The Bertz CT molecular complexity index is 292. The van der Waals surface area contributed by atoms with Crippen LogP contribution >= 0.6 is 7.92 Å². The Morgan fingerprint density at radius 2 is 1.71 bits per heavy atom. The molecule has 0 saturated carbocycles. The summed E-state index contributed by atoms with van der Waals surface area (Å²) in [5.74, 6) is -0.236. The average Bonchev–Trinajstić information content (AvgIpc) is 2.03. The summed E-state index contributed by atoms with van der Waals surface area (Å²) in [6, 6.07) is 0. The summed E-state index contributed by atoms with van der Waals surface area (Å²) in [6.07, 6.45) is 0. The van der Waals surface area contributed by atoms with Crippen molar-refractivity contribution in [3.63, 3.8) is 0 Å². The molecule has 0 N–H and O–H groups in total. The molecule has 0 atom stereocenters. The zero-order valence-electron chi connectivity index (χ0n) is 9.33. The molecule has 80 valence electrons. The molecular weight excluding hydrogens is 199 g/mol. The van der Waals surface area contributed by atoms with Gasteiger partial charge in [-0.05, 0) is 0 Å². The predicted molar refractivity (Wildman–Crippen MR) is 55.7 cm³/mol. The Hall–Kier alpha value is -0.520. The molecule has 0 aliphatic heterocycles. The van der Waals surface area contributed by atoms with E-state index in [-0.39, 0.29) is 11.8 Å². The van der Waals surface area contributed by atoms with Gasteiger partial charge >= 0.3 is 85.7 Å². The summed E-state index contributed by atoms with van der Waals surface area (Å²) in [5, 5.41) is 0. The van der Waals surface area contributed by atoms with Crippen molar-refractivity contribution in [1.82, 2.24) is 0 Å². The Morgan fingerprint density at radius 1 is 1.29 bits per heavy atom. The second kappa shape index (κ2) is 5.38. The number of ether oxygens (including phenoxy) is 1. The second-order valence-electron chi connectivity index (χ2n) is 4.09. The standard InChI is InChI=1S/C10H17O3P/c1-7(2)10(5,8(3)4)13-9(11)6-14-12/h7-8H,1-5H3. The van der Waals surface area contributed by atoms with Gasteiger partial charge in [-0.2, -0.15) is 0 Å². The molecule has 0 aliphatic carbocycles. The normalized spacial score (nSPS) is 11.4. The van der Waals surface area contributed by atoms with E-state index in [9.17, 15) is 9.36 Å². The van der Waals surface area contributed by atoms with Crippen molar-refractivity contribution in [2.24, 2.45) is 11.8 Å². The van der Waals surface area contributed by atoms with E-state index >= 15 is 0 Å². The molecule has 0 saturated heterocycles. The Kier molecular flexibility index (Phi) is 5.18. The van der Waals surface area contributed by atoms with Crippen LogP contribution in [0.25, 0.3) is 0 Å². The Morgan fingerprint density at radius 3 is 2.00 bits per heavy atom. The predicted octanol–water partition coefficient (Wildman–Crippen LogP) is 2.85.